The van der Waals surface area contributed by atoms with Crippen LogP contribution in [0.3, 0.4) is 0 Å². The Hall–Kier alpha value is -2.16. The van der Waals surface area contributed by atoms with E-state index in [1.807, 2.05) is 13.8 Å². The standard InChI is InChI=1S/C10H11N5O3S/c1-5(2)15-9(18)13-14-10(15)19-7-6(8(16)17)3-4-11-12-7/h3-5H,1-2H3,(H,13,18)(H,16,17). The highest BCUT2D eigenvalue weighted by molar-refractivity contribution is 7.99. The number of nitrogens with zero attached hydrogens (tertiary/aromatic N) is 4. The molecule has 2 aromatic heterocycles. The van der Waals surface area contributed by atoms with Crippen molar-refractivity contribution in [1.29, 1.82) is 0 Å². The molecule has 2 rings (SSSR count). The molecule has 2 heterocycles. The van der Waals surface area contributed by atoms with Crippen molar-refractivity contribution in [2.45, 2.75) is 30.1 Å². The van der Waals surface area contributed by atoms with Crippen LogP contribution in [0.15, 0.2) is 27.2 Å². The Morgan fingerprint density at radius 1 is 1.53 bits per heavy atom. The fourth-order valence-electron chi connectivity index (χ4n) is 1.46. The first kappa shape index (κ1) is 13.3. The lowest BCUT2D eigenvalue weighted by molar-refractivity contribution is 0.0692. The summed E-state index contributed by atoms with van der Waals surface area (Å²) in [4.78, 5) is 22.6. The molecule has 0 aromatic carbocycles. The lowest BCUT2D eigenvalue weighted by Crippen LogP contribution is -2.19. The number of carboxylic acid groups (broad SMARTS) is 1. The Morgan fingerprint density at radius 2 is 2.26 bits per heavy atom. The Labute approximate surface area is 111 Å². The second-order valence-electron chi connectivity index (χ2n) is 3.93. The molecule has 0 aliphatic heterocycles. The van der Waals surface area contributed by atoms with E-state index in [2.05, 4.69) is 20.4 Å². The summed E-state index contributed by atoms with van der Waals surface area (Å²) in [6.07, 6.45) is 1.30. The van der Waals surface area contributed by atoms with Gasteiger partial charge in [0.15, 0.2) is 5.16 Å². The van der Waals surface area contributed by atoms with E-state index in [1.54, 1.807) is 0 Å². The molecule has 2 aromatic rings. The van der Waals surface area contributed by atoms with Gasteiger partial charge in [-0.2, -0.15) is 5.10 Å². The van der Waals surface area contributed by atoms with Crippen LogP contribution in [0.1, 0.15) is 30.2 Å². The van der Waals surface area contributed by atoms with Crippen molar-refractivity contribution < 1.29 is 9.90 Å². The predicted molar refractivity (Wildman–Crippen MR) is 66.3 cm³/mol. The molecule has 2 N–H and O–H groups in total. The van der Waals surface area contributed by atoms with Crippen LogP contribution in [0, 0.1) is 0 Å². The quantitative estimate of drug-likeness (QED) is 0.851. The van der Waals surface area contributed by atoms with Crippen molar-refractivity contribution in [1.82, 2.24) is 25.0 Å². The largest absolute Gasteiger partial charge is 0.478 e. The molecular formula is C10H11N5O3S. The van der Waals surface area contributed by atoms with Crippen LogP contribution in [-0.4, -0.2) is 36.0 Å². The highest BCUT2D eigenvalue weighted by Gasteiger charge is 2.18. The average Bonchev–Trinajstić information content (AvgIpc) is 2.71. The first-order valence-corrected chi connectivity index (χ1v) is 6.22. The number of H-pyrrole nitrogens is 1. The van der Waals surface area contributed by atoms with Gasteiger partial charge in [-0.25, -0.2) is 14.7 Å². The molecule has 0 radical (unpaired) electrons. The Bertz CT molecular complexity index is 663. The van der Waals surface area contributed by atoms with Crippen LogP contribution in [0.2, 0.25) is 0 Å². The van der Waals surface area contributed by atoms with Gasteiger partial charge < -0.3 is 5.11 Å². The minimum absolute atomic E-state index is 0.0192. The molecule has 9 heteroatoms. The van der Waals surface area contributed by atoms with E-state index in [4.69, 9.17) is 5.11 Å². The van der Waals surface area contributed by atoms with Crippen molar-refractivity contribution in [2.75, 3.05) is 0 Å². The van der Waals surface area contributed by atoms with Crippen LogP contribution in [-0.2, 0) is 0 Å². The van der Waals surface area contributed by atoms with E-state index in [9.17, 15) is 9.59 Å². The smallest absolute Gasteiger partial charge is 0.344 e. The van der Waals surface area contributed by atoms with Gasteiger partial charge in [0.2, 0.25) is 0 Å². The monoisotopic (exact) mass is 281 g/mol. The van der Waals surface area contributed by atoms with E-state index >= 15 is 0 Å². The summed E-state index contributed by atoms with van der Waals surface area (Å²) in [6, 6.07) is 1.25. The van der Waals surface area contributed by atoms with E-state index in [1.165, 1.54) is 16.8 Å². The Morgan fingerprint density at radius 3 is 2.89 bits per heavy atom. The van der Waals surface area contributed by atoms with Gasteiger partial charge in [0, 0.05) is 6.04 Å². The maximum absolute atomic E-state index is 11.6. The van der Waals surface area contributed by atoms with Gasteiger partial charge in [0.25, 0.3) is 0 Å². The predicted octanol–water partition coefficient (Wildman–Crippen LogP) is 0.792. The van der Waals surface area contributed by atoms with Crippen molar-refractivity contribution in [3.05, 3.63) is 28.3 Å². The van der Waals surface area contributed by atoms with Crippen molar-refractivity contribution in [3.63, 3.8) is 0 Å². The zero-order valence-corrected chi connectivity index (χ0v) is 11.0. The number of aromatic carboxylic acids is 1. The molecular weight excluding hydrogens is 270 g/mol. The summed E-state index contributed by atoms with van der Waals surface area (Å²) in [7, 11) is 0. The van der Waals surface area contributed by atoms with E-state index < -0.39 is 5.97 Å². The van der Waals surface area contributed by atoms with Crippen LogP contribution in [0.4, 0.5) is 0 Å². The normalized spacial score (nSPS) is 10.9. The van der Waals surface area contributed by atoms with Gasteiger partial charge in [-0.05, 0) is 31.7 Å². The second kappa shape index (κ2) is 5.22. The molecule has 0 bridgehead atoms. The summed E-state index contributed by atoms with van der Waals surface area (Å²) in [6.45, 7) is 3.66. The number of nitrogens with one attached hydrogen (secondary N) is 1. The fourth-order valence-corrected chi connectivity index (χ4v) is 2.47. The molecule has 0 saturated carbocycles. The van der Waals surface area contributed by atoms with Crippen molar-refractivity contribution in [3.8, 4) is 0 Å². The number of rotatable bonds is 4. The molecule has 0 saturated heterocycles. The van der Waals surface area contributed by atoms with Crippen LogP contribution < -0.4 is 5.69 Å². The van der Waals surface area contributed by atoms with Gasteiger partial charge in [-0.1, -0.05) is 0 Å². The van der Waals surface area contributed by atoms with Gasteiger partial charge in [0.1, 0.15) is 5.03 Å². The molecule has 0 atom stereocenters. The summed E-state index contributed by atoms with van der Waals surface area (Å²) < 4.78 is 1.42. The number of carboxylic acids is 1. The number of aromatic nitrogens is 5. The SMILES string of the molecule is CC(C)n1c(Sc2nnccc2C(=O)O)n[nH]c1=O. The number of carbonyl (C=O) groups is 1. The molecule has 0 unspecified atom stereocenters. The topological polar surface area (TPSA) is 114 Å². The van der Waals surface area contributed by atoms with E-state index in [0.717, 1.165) is 11.8 Å². The van der Waals surface area contributed by atoms with Gasteiger partial charge >= 0.3 is 11.7 Å². The molecule has 0 spiro atoms. The fraction of sp³-hybridized carbons (Fsp3) is 0.300. The van der Waals surface area contributed by atoms with Crippen LogP contribution in [0.5, 0.6) is 0 Å². The van der Waals surface area contributed by atoms with Gasteiger partial charge in [0.05, 0.1) is 11.8 Å². The maximum atomic E-state index is 11.6. The van der Waals surface area contributed by atoms with Crippen LogP contribution in [0.25, 0.3) is 0 Å². The molecule has 0 aliphatic rings. The van der Waals surface area contributed by atoms with Crippen molar-refractivity contribution in [2.24, 2.45) is 0 Å². The van der Waals surface area contributed by atoms with Crippen molar-refractivity contribution >= 4 is 17.7 Å². The second-order valence-corrected chi connectivity index (χ2v) is 4.89. The highest BCUT2D eigenvalue weighted by atomic mass is 32.2. The third-order valence-corrected chi connectivity index (χ3v) is 3.26. The number of aromatic amines is 1. The minimum Gasteiger partial charge on any atom is -0.478 e. The first-order chi connectivity index (χ1) is 9.00. The molecule has 0 amide bonds. The lowest BCUT2D eigenvalue weighted by atomic mass is 10.3. The zero-order chi connectivity index (χ0) is 14.0. The lowest BCUT2D eigenvalue weighted by Gasteiger charge is -2.08. The Kier molecular flexibility index (Phi) is 3.65. The Balaban J connectivity index is 2.43. The third kappa shape index (κ3) is 2.65. The first-order valence-electron chi connectivity index (χ1n) is 5.40. The summed E-state index contributed by atoms with van der Waals surface area (Å²) in [5.74, 6) is -1.11. The number of hydrogen-bond acceptors (Lipinski definition) is 6. The molecule has 19 heavy (non-hydrogen) atoms. The summed E-state index contributed by atoms with van der Waals surface area (Å²) in [5, 5.41) is 23.2. The molecule has 0 fully saturated rings. The minimum atomic E-state index is -1.11. The third-order valence-electron chi connectivity index (χ3n) is 2.29. The van der Waals surface area contributed by atoms with Crippen LogP contribution >= 0.6 is 11.8 Å². The average molecular weight is 281 g/mol. The van der Waals surface area contributed by atoms with E-state index in [-0.39, 0.29) is 22.3 Å². The van der Waals surface area contributed by atoms with Gasteiger partial charge in [-0.15, -0.1) is 10.2 Å². The summed E-state index contributed by atoms with van der Waals surface area (Å²) in [5.41, 5.74) is -0.330. The summed E-state index contributed by atoms with van der Waals surface area (Å²) >= 11 is 0.984. The zero-order valence-electron chi connectivity index (χ0n) is 10.2. The molecule has 0 aliphatic carbocycles. The van der Waals surface area contributed by atoms with E-state index in [0.29, 0.717) is 5.16 Å². The maximum Gasteiger partial charge on any atom is 0.344 e. The van der Waals surface area contributed by atoms with Gasteiger partial charge in [-0.3, -0.25) is 4.57 Å². The highest BCUT2D eigenvalue weighted by Crippen LogP contribution is 2.27. The molecule has 8 nitrogen and oxygen atoms in total. The molecule has 100 valence electrons. The number of hydrogen-bond donors (Lipinski definition) is 2.